The lowest BCUT2D eigenvalue weighted by molar-refractivity contribution is -0.118. The minimum atomic E-state index is -1.24. The average Bonchev–Trinajstić information content (AvgIpc) is 2.95. The van der Waals surface area contributed by atoms with Crippen LogP contribution in [0.25, 0.3) is 5.76 Å². The topological polar surface area (TPSA) is 88.1 Å². The third-order valence-corrected chi connectivity index (χ3v) is 6.67. The fourth-order valence-corrected chi connectivity index (χ4v) is 5.48. The lowest BCUT2D eigenvalue weighted by Gasteiger charge is -2.38. The fourth-order valence-electron chi connectivity index (χ4n) is 4.23. The van der Waals surface area contributed by atoms with Crippen molar-refractivity contribution in [3.8, 4) is 6.07 Å². The first-order valence-electron chi connectivity index (χ1n) is 8.54. The van der Waals surface area contributed by atoms with Crippen molar-refractivity contribution in [3.05, 3.63) is 76.2 Å². The number of nitriles is 1. The van der Waals surface area contributed by atoms with Gasteiger partial charge >= 0.3 is 0 Å². The number of anilines is 1. The minimum absolute atomic E-state index is 0.0116. The number of thioether (sulfide) groups is 1. The first-order valence-corrected chi connectivity index (χ1v) is 9.53. The Labute approximate surface area is 160 Å². The third kappa shape index (κ3) is 1.87. The molecule has 0 radical (unpaired) electrons. The molecule has 0 fully saturated rings. The van der Waals surface area contributed by atoms with E-state index in [2.05, 4.69) is 11.4 Å². The zero-order valence-corrected chi connectivity index (χ0v) is 15.3. The van der Waals surface area contributed by atoms with Crippen molar-refractivity contribution in [1.29, 1.82) is 5.26 Å². The van der Waals surface area contributed by atoms with Gasteiger partial charge in [0, 0.05) is 33.0 Å². The molecule has 3 heterocycles. The van der Waals surface area contributed by atoms with E-state index in [9.17, 15) is 10.1 Å². The highest BCUT2D eigenvalue weighted by atomic mass is 32.2. The fraction of sp³-hybridized carbons (Fsp3) is 0.143. The third-order valence-electron chi connectivity index (χ3n) is 5.41. The Morgan fingerprint density at radius 2 is 2.07 bits per heavy atom. The summed E-state index contributed by atoms with van der Waals surface area (Å²) in [5.41, 5.74) is 9.39. The van der Waals surface area contributed by atoms with E-state index < -0.39 is 5.41 Å². The summed E-state index contributed by atoms with van der Waals surface area (Å²) in [4.78, 5) is 14.4. The molecule has 0 saturated heterocycles. The number of amides is 1. The molecule has 2 aromatic carbocycles. The molecule has 6 heteroatoms. The molecular weight excluding hydrogens is 358 g/mol. The van der Waals surface area contributed by atoms with Gasteiger partial charge in [0.05, 0.1) is 0 Å². The van der Waals surface area contributed by atoms with Gasteiger partial charge in [0.25, 0.3) is 0 Å². The smallest absolute Gasteiger partial charge is 0.244 e. The zero-order chi connectivity index (χ0) is 18.8. The number of para-hydroxylation sites is 1. The second kappa shape index (κ2) is 5.41. The van der Waals surface area contributed by atoms with Crippen LogP contribution in [-0.4, -0.2) is 11.7 Å². The second-order valence-corrected chi connectivity index (χ2v) is 7.74. The van der Waals surface area contributed by atoms with Crippen LogP contribution in [0.5, 0.6) is 0 Å². The van der Waals surface area contributed by atoms with Gasteiger partial charge < -0.3 is 15.8 Å². The lowest BCUT2D eigenvalue weighted by Crippen LogP contribution is -2.44. The number of carbonyl (C=O) groups is 1. The van der Waals surface area contributed by atoms with Gasteiger partial charge in [0.1, 0.15) is 22.8 Å². The van der Waals surface area contributed by atoms with E-state index in [4.69, 9.17) is 10.5 Å². The van der Waals surface area contributed by atoms with Gasteiger partial charge in [-0.1, -0.05) is 36.4 Å². The van der Waals surface area contributed by atoms with Crippen LogP contribution in [-0.2, 0) is 14.9 Å². The van der Waals surface area contributed by atoms with Crippen LogP contribution in [0.15, 0.2) is 64.4 Å². The summed E-state index contributed by atoms with van der Waals surface area (Å²) in [7, 11) is 0. The van der Waals surface area contributed by atoms with Crippen molar-refractivity contribution in [2.75, 3.05) is 11.1 Å². The molecular formula is C21H15N3O2S. The van der Waals surface area contributed by atoms with E-state index >= 15 is 0 Å². The van der Waals surface area contributed by atoms with Gasteiger partial charge in [-0.05, 0) is 18.6 Å². The number of carbonyl (C=O) groups excluding carboxylic acids is 1. The zero-order valence-electron chi connectivity index (χ0n) is 14.5. The first kappa shape index (κ1) is 16.0. The van der Waals surface area contributed by atoms with Crippen LogP contribution < -0.4 is 11.1 Å². The van der Waals surface area contributed by atoms with Crippen molar-refractivity contribution in [3.63, 3.8) is 0 Å². The molecule has 0 bridgehead atoms. The molecule has 2 aromatic rings. The average molecular weight is 373 g/mol. The Balaban J connectivity index is 1.88. The van der Waals surface area contributed by atoms with E-state index in [-0.39, 0.29) is 17.4 Å². The molecule has 3 N–H and O–H groups in total. The van der Waals surface area contributed by atoms with Gasteiger partial charge in [-0.3, -0.25) is 4.79 Å². The van der Waals surface area contributed by atoms with Gasteiger partial charge in [-0.25, -0.2) is 0 Å². The van der Waals surface area contributed by atoms with Gasteiger partial charge in [-0.2, -0.15) is 5.26 Å². The standard InChI is InChI=1S/C21H15N3O2S/c1-11-5-4-6-12-17-15(10-27-18(11)12)21(14(9-22)19(23)26-17)13-7-2-3-8-16(13)24-20(21)25/h2-8H,10,23H2,1H3,(H,24,25). The normalized spacial score (nSPS) is 22.6. The van der Waals surface area contributed by atoms with E-state index in [1.807, 2.05) is 49.4 Å². The van der Waals surface area contributed by atoms with Crippen molar-refractivity contribution < 1.29 is 9.53 Å². The van der Waals surface area contributed by atoms with E-state index in [1.165, 1.54) is 0 Å². The number of nitrogens with two attached hydrogens (primary N) is 1. The Hall–Kier alpha value is -3.17. The summed E-state index contributed by atoms with van der Waals surface area (Å²) in [6.07, 6.45) is 0. The summed E-state index contributed by atoms with van der Waals surface area (Å²) in [5, 5.41) is 12.8. The Bertz CT molecular complexity index is 1140. The summed E-state index contributed by atoms with van der Waals surface area (Å²) in [5.74, 6) is 0.877. The molecule has 0 saturated carbocycles. The minimum Gasteiger partial charge on any atom is -0.440 e. The van der Waals surface area contributed by atoms with Crippen molar-refractivity contribution in [2.45, 2.75) is 17.2 Å². The number of nitrogens with zero attached hydrogens (tertiary/aromatic N) is 1. The number of hydrogen-bond donors (Lipinski definition) is 2. The highest BCUT2D eigenvalue weighted by molar-refractivity contribution is 7.99. The number of nitrogens with one attached hydrogen (secondary N) is 1. The SMILES string of the molecule is Cc1cccc2c1SCC1=C2OC(N)=C(C#N)C12C(=O)Nc1ccccc12. The van der Waals surface area contributed by atoms with Crippen LogP contribution in [0, 0.1) is 18.3 Å². The molecule has 132 valence electrons. The number of benzene rings is 2. The maximum Gasteiger partial charge on any atom is 0.244 e. The summed E-state index contributed by atoms with van der Waals surface area (Å²) in [6, 6.07) is 15.6. The predicted octanol–water partition coefficient (Wildman–Crippen LogP) is 3.43. The van der Waals surface area contributed by atoms with Gasteiger partial charge in [0.15, 0.2) is 0 Å². The quantitative estimate of drug-likeness (QED) is 0.739. The molecule has 3 aliphatic rings. The molecule has 3 aliphatic heterocycles. The molecule has 1 atom stereocenters. The van der Waals surface area contributed by atoms with E-state index in [1.54, 1.807) is 11.8 Å². The Morgan fingerprint density at radius 3 is 2.89 bits per heavy atom. The summed E-state index contributed by atoms with van der Waals surface area (Å²) in [6.45, 7) is 2.05. The molecule has 5 rings (SSSR count). The van der Waals surface area contributed by atoms with Crippen LogP contribution in [0.4, 0.5) is 5.69 Å². The van der Waals surface area contributed by atoms with Crippen molar-refractivity contribution >= 4 is 29.1 Å². The van der Waals surface area contributed by atoms with Crippen LogP contribution in [0.2, 0.25) is 0 Å². The second-order valence-electron chi connectivity index (χ2n) is 6.75. The van der Waals surface area contributed by atoms with Crippen LogP contribution >= 0.6 is 11.8 Å². The molecule has 0 aromatic heterocycles. The number of fused-ring (bicyclic) bond motifs is 5. The van der Waals surface area contributed by atoms with Crippen LogP contribution in [0.1, 0.15) is 16.7 Å². The van der Waals surface area contributed by atoms with Gasteiger partial charge in [0.2, 0.25) is 11.8 Å². The molecule has 1 spiro atoms. The Kier molecular flexibility index (Phi) is 3.22. The van der Waals surface area contributed by atoms with Gasteiger partial charge in [-0.15, -0.1) is 11.8 Å². The van der Waals surface area contributed by atoms with Crippen molar-refractivity contribution in [1.82, 2.24) is 0 Å². The molecule has 1 amide bonds. The molecule has 0 aliphatic carbocycles. The molecule has 1 unspecified atom stereocenters. The monoisotopic (exact) mass is 373 g/mol. The van der Waals surface area contributed by atoms with Crippen LogP contribution in [0.3, 0.4) is 0 Å². The lowest BCUT2D eigenvalue weighted by atomic mass is 9.68. The number of hydrogen-bond acceptors (Lipinski definition) is 5. The van der Waals surface area contributed by atoms with Crippen molar-refractivity contribution in [2.24, 2.45) is 5.73 Å². The summed E-state index contributed by atoms with van der Waals surface area (Å²) < 4.78 is 5.95. The highest BCUT2D eigenvalue weighted by Gasteiger charge is 2.58. The molecule has 5 nitrogen and oxygen atoms in total. The number of rotatable bonds is 0. The van der Waals surface area contributed by atoms with E-state index in [0.717, 1.165) is 27.2 Å². The molecule has 27 heavy (non-hydrogen) atoms. The maximum atomic E-state index is 13.3. The van der Waals surface area contributed by atoms with E-state index in [0.29, 0.717) is 17.2 Å². The maximum absolute atomic E-state index is 13.3. The summed E-state index contributed by atoms with van der Waals surface area (Å²) >= 11 is 1.66. The number of aryl methyl sites for hydroxylation is 1. The first-order chi connectivity index (χ1) is 13.1. The predicted molar refractivity (Wildman–Crippen MR) is 103 cm³/mol. The highest BCUT2D eigenvalue weighted by Crippen LogP contribution is 2.56. The Morgan fingerprint density at radius 1 is 1.26 bits per heavy atom. The largest absolute Gasteiger partial charge is 0.440 e. The number of ether oxygens (including phenoxy) is 1.